The third kappa shape index (κ3) is 5.01. The molecule has 37 heavy (non-hydrogen) atoms. The Balaban J connectivity index is 1.53. The normalized spacial score (nSPS) is 15.8. The van der Waals surface area contributed by atoms with Crippen molar-refractivity contribution >= 4 is 27.5 Å². The van der Waals surface area contributed by atoms with Crippen molar-refractivity contribution in [2.45, 2.75) is 42.9 Å². The second-order valence-electron chi connectivity index (χ2n) is 8.79. The maximum absolute atomic E-state index is 13.3. The summed E-state index contributed by atoms with van der Waals surface area (Å²) in [4.78, 5) is 31.7. The van der Waals surface area contributed by atoms with Gasteiger partial charge in [0, 0.05) is 18.8 Å². The molecule has 2 aromatic carbocycles. The molecule has 0 atom stereocenters. The average Bonchev–Trinajstić information content (AvgIpc) is 3.02. The summed E-state index contributed by atoms with van der Waals surface area (Å²) in [7, 11) is -5.56. The lowest BCUT2D eigenvalue weighted by Crippen LogP contribution is -2.43. The summed E-state index contributed by atoms with van der Waals surface area (Å²) < 4.78 is 67.5. The van der Waals surface area contributed by atoms with Gasteiger partial charge in [0.05, 0.1) is 10.6 Å². The van der Waals surface area contributed by atoms with E-state index in [1.807, 2.05) is 30.3 Å². The molecule has 8 nitrogen and oxygen atoms in total. The smallest absolute Gasteiger partial charge is 0.473 e. The van der Waals surface area contributed by atoms with Gasteiger partial charge in [0.25, 0.3) is 15.7 Å². The summed E-state index contributed by atoms with van der Waals surface area (Å²) in [5.41, 5.74) is -5.22. The largest absolute Gasteiger partial charge is 0.501 e. The van der Waals surface area contributed by atoms with E-state index in [0.717, 1.165) is 22.6 Å². The maximum atomic E-state index is 13.3. The number of halogens is 3. The summed E-state index contributed by atoms with van der Waals surface area (Å²) in [5.74, 6) is -0.283. The van der Waals surface area contributed by atoms with Gasteiger partial charge in [-0.25, -0.2) is 23.1 Å². The number of carbonyl (C=O) groups is 2. The topological polar surface area (TPSA) is 96.9 Å². The number of urea groups is 1. The van der Waals surface area contributed by atoms with Crippen molar-refractivity contribution in [2.75, 3.05) is 4.90 Å². The summed E-state index contributed by atoms with van der Waals surface area (Å²) in [6.45, 7) is 3.41. The van der Waals surface area contributed by atoms with Gasteiger partial charge in [-0.15, -0.1) is 0 Å². The quantitative estimate of drug-likeness (QED) is 0.409. The molecule has 0 N–H and O–H groups in total. The number of nitrogens with zero attached hydrogens (tertiary/aromatic N) is 3. The first-order chi connectivity index (χ1) is 17.3. The molecule has 1 aliphatic heterocycles. The van der Waals surface area contributed by atoms with Crippen molar-refractivity contribution in [3.63, 3.8) is 0 Å². The molecule has 1 aromatic heterocycles. The molecular weight excluding hydrogens is 511 g/mol. The van der Waals surface area contributed by atoms with Gasteiger partial charge in [0.15, 0.2) is 0 Å². The lowest BCUT2D eigenvalue weighted by Gasteiger charge is -2.27. The van der Waals surface area contributed by atoms with Gasteiger partial charge in [0.2, 0.25) is 5.88 Å². The Bertz CT molecular complexity index is 1430. The molecule has 0 aliphatic carbocycles. The van der Waals surface area contributed by atoms with Crippen molar-refractivity contribution in [3.05, 3.63) is 84.1 Å². The Labute approximate surface area is 211 Å². The van der Waals surface area contributed by atoms with Gasteiger partial charge in [-0.1, -0.05) is 30.3 Å². The van der Waals surface area contributed by atoms with Crippen molar-refractivity contribution in [3.8, 4) is 5.88 Å². The highest BCUT2D eigenvalue weighted by Gasteiger charge is 2.52. The van der Waals surface area contributed by atoms with E-state index in [0.29, 0.717) is 23.6 Å². The first-order valence-electron chi connectivity index (χ1n) is 11.0. The fourth-order valence-electron chi connectivity index (χ4n) is 3.78. The Morgan fingerprint density at radius 2 is 1.59 bits per heavy atom. The number of rotatable bonds is 7. The first-order valence-corrected chi connectivity index (χ1v) is 12.5. The summed E-state index contributed by atoms with van der Waals surface area (Å²) in [6.07, 6.45) is 1.52. The van der Waals surface area contributed by atoms with Gasteiger partial charge in [-0.05, 0) is 55.3 Å². The number of sulfone groups is 1. The fourth-order valence-corrected chi connectivity index (χ4v) is 4.54. The predicted octanol–water partition coefficient (Wildman–Crippen LogP) is 4.70. The van der Waals surface area contributed by atoms with Crippen molar-refractivity contribution in [1.29, 1.82) is 0 Å². The molecule has 0 spiro atoms. The van der Waals surface area contributed by atoms with Crippen LogP contribution in [0.4, 0.5) is 23.7 Å². The number of aromatic nitrogens is 1. The second-order valence-corrected chi connectivity index (χ2v) is 10.7. The summed E-state index contributed by atoms with van der Waals surface area (Å²) in [5, 5.41) is 0. The molecule has 0 bridgehead atoms. The molecule has 4 rings (SSSR count). The summed E-state index contributed by atoms with van der Waals surface area (Å²) in [6, 6.07) is 15.5. The molecule has 1 aliphatic rings. The van der Waals surface area contributed by atoms with Crippen LogP contribution in [-0.4, -0.2) is 41.3 Å². The predicted molar refractivity (Wildman–Crippen MR) is 127 cm³/mol. The monoisotopic (exact) mass is 533 g/mol. The van der Waals surface area contributed by atoms with E-state index in [1.165, 1.54) is 11.1 Å². The molecule has 0 unspecified atom stereocenters. The zero-order valence-corrected chi connectivity index (χ0v) is 20.6. The van der Waals surface area contributed by atoms with Crippen LogP contribution in [0, 0.1) is 0 Å². The van der Waals surface area contributed by atoms with Crippen LogP contribution in [0.1, 0.15) is 25.0 Å². The number of hydrogen-bond acceptors (Lipinski definition) is 6. The van der Waals surface area contributed by atoms with Gasteiger partial charge >= 0.3 is 11.5 Å². The molecule has 0 radical (unpaired) electrons. The van der Waals surface area contributed by atoms with E-state index >= 15 is 0 Å². The van der Waals surface area contributed by atoms with Crippen LogP contribution in [0.2, 0.25) is 0 Å². The van der Waals surface area contributed by atoms with Crippen LogP contribution in [0.3, 0.4) is 0 Å². The highest BCUT2D eigenvalue weighted by Crippen LogP contribution is 2.35. The number of imide groups is 1. The number of hydrogen-bond donors (Lipinski definition) is 0. The number of pyridine rings is 1. The van der Waals surface area contributed by atoms with Crippen LogP contribution in [-0.2, 0) is 27.8 Å². The molecular formula is C25H22F3N3O5S. The Morgan fingerprint density at radius 3 is 2.22 bits per heavy atom. The second kappa shape index (κ2) is 9.51. The van der Waals surface area contributed by atoms with E-state index < -0.39 is 37.7 Å². The first kappa shape index (κ1) is 26.1. The molecule has 1 saturated heterocycles. The number of benzene rings is 2. The molecule has 3 amide bonds. The number of anilines is 1. The highest BCUT2D eigenvalue weighted by atomic mass is 32.2. The number of carbonyl (C=O) groups excluding carboxylic acids is 2. The number of amides is 3. The Morgan fingerprint density at radius 1 is 0.946 bits per heavy atom. The molecule has 2 heterocycles. The lowest BCUT2D eigenvalue weighted by molar-refractivity contribution is -0.123. The minimum Gasteiger partial charge on any atom is -0.473 e. The van der Waals surface area contributed by atoms with Crippen LogP contribution in [0.15, 0.2) is 77.8 Å². The number of alkyl halides is 3. The third-order valence-corrected chi connectivity index (χ3v) is 7.41. The standard InChI is InChI=1S/C25H22F3N3O5S/c1-24(2)22(32)31(19-8-10-20(11-9-19)37(34,35)25(26,27)28)23(33)30(24)15-18-12-13-29-21(14-18)36-16-17-6-4-3-5-7-17/h3-14H,15-16H2,1-2H3. The van der Waals surface area contributed by atoms with E-state index in [-0.39, 0.29) is 18.8 Å². The lowest BCUT2D eigenvalue weighted by atomic mass is 10.0. The third-order valence-electron chi connectivity index (χ3n) is 5.90. The average molecular weight is 534 g/mol. The minimum absolute atomic E-state index is 0.0266. The zero-order valence-electron chi connectivity index (χ0n) is 19.8. The van der Waals surface area contributed by atoms with E-state index in [4.69, 9.17) is 4.74 Å². The highest BCUT2D eigenvalue weighted by molar-refractivity contribution is 7.92. The van der Waals surface area contributed by atoms with Gasteiger partial charge in [-0.2, -0.15) is 13.2 Å². The molecule has 12 heteroatoms. The Kier molecular flexibility index (Phi) is 6.72. The van der Waals surface area contributed by atoms with Crippen LogP contribution < -0.4 is 9.64 Å². The SMILES string of the molecule is CC1(C)C(=O)N(c2ccc(S(=O)(=O)C(F)(F)F)cc2)C(=O)N1Cc1ccnc(OCc2ccccc2)c1. The van der Waals surface area contributed by atoms with Gasteiger partial charge in [0.1, 0.15) is 12.1 Å². The zero-order chi connectivity index (χ0) is 27.0. The van der Waals surface area contributed by atoms with Crippen LogP contribution in [0.25, 0.3) is 0 Å². The molecule has 3 aromatic rings. The van der Waals surface area contributed by atoms with Crippen molar-refractivity contribution in [1.82, 2.24) is 9.88 Å². The maximum Gasteiger partial charge on any atom is 0.501 e. The van der Waals surface area contributed by atoms with E-state index in [9.17, 15) is 31.2 Å². The van der Waals surface area contributed by atoms with Gasteiger partial charge < -0.3 is 9.64 Å². The molecule has 194 valence electrons. The molecule has 1 fully saturated rings. The van der Waals surface area contributed by atoms with E-state index in [2.05, 4.69) is 4.98 Å². The van der Waals surface area contributed by atoms with E-state index in [1.54, 1.807) is 26.0 Å². The fraction of sp³-hybridized carbons (Fsp3) is 0.240. The number of ether oxygens (including phenoxy) is 1. The minimum atomic E-state index is -5.56. The molecule has 0 saturated carbocycles. The van der Waals surface area contributed by atoms with Crippen LogP contribution in [0.5, 0.6) is 5.88 Å². The van der Waals surface area contributed by atoms with Crippen LogP contribution >= 0.6 is 0 Å². The Hall–Kier alpha value is -3.93. The van der Waals surface area contributed by atoms with Gasteiger partial charge in [-0.3, -0.25) is 4.79 Å². The summed E-state index contributed by atoms with van der Waals surface area (Å²) >= 11 is 0. The van der Waals surface area contributed by atoms with Crippen molar-refractivity contribution in [2.24, 2.45) is 0 Å². The van der Waals surface area contributed by atoms with Crippen molar-refractivity contribution < 1.29 is 35.9 Å².